The zero-order valence-electron chi connectivity index (χ0n) is 10.1. The Morgan fingerprint density at radius 2 is 1.93 bits per heavy atom. The van der Waals surface area contributed by atoms with Gasteiger partial charge < -0.3 is 4.74 Å². The van der Waals surface area contributed by atoms with Crippen molar-refractivity contribution in [2.24, 2.45) is 0 Å². The van der Waals surface area contributed by atoms with Gasteiger partial charge >= 0.3 is 0 Å². The Bertz CT molecular complexity index is 271. The summed E-state index contributed by atoms with van der Waals surface area (Å²) >= 11 is 5.82. The summed E-state index contributed by atoms with van der Waals surface area (Å²) in [7, 11) is 0. The van der Waals surface area contributed by atoms with Crippen LogP contribution < -0.4 is 4.74 Å². The van der Waals surface area contributed by atoms with E-state index in [2.05, 4.69) is 6.92 Å². The first kappa shape index (κ1) is 14.3. The number of benzene rings is 1. The van der Waals surface area contributed by atoms with E-state index in [0.717, 1.165) is 35.8 Å². The summed E-state index contributed by atoms with van der Waals surface area (Å²) in [5.74, 6) is 0.942. The van der Waals surface area contributed by atoms with Gasteiger partial charge in [0.1, 0.15) is 5.75 Å². The normalized spacial score (nSPS) is 9.13. The first-order valence-electron chi connectivity index (χ1n) is 5.63. The van der Waals surface area contributed by atoms with Crippen LogP contribution in [0.3, 0.4) is 0 Å². The van der Waals surface area contributed by atoms with Crippen LogP contribution in [0.2, 0.25) is 5.02 Å². The molecule has 0 N–H and O–H groups in total. The van der Waals surface area contributed by atoms with Crippen molar-refractivity contribution in [2.75, 3.05) is 6.61 Å². The molecule has 0 aliphatic rings. The van der Waals surface area contributed by atoms with Crippen LogP contribution in [0.5, 0.6) is 5.75 Å². The molecule has 1 nitrogen and oxygen atoms in total. The van der Waals surface area contributed by atoms with Crippen LogP contribution in [-0.2, 0) is 0 Å². The molecule has 0 radical (unpaired) electrons. The SMILES string of the molecule is CC.CCCCOc1ccc(Cl)cc1C. The zero-order chi connectivity index (χ0) is 11.7. The fourth-order valence-corrected chi connectivity index (χ4v) is 1.33. The summed E-state index contributed by atoms with van der Waals surface area (Å²) in [4.78, 5) is 0. The molecule has 0 aliphatic heterocycles. The number of rotatable bonds is 4. The highest BCUT2D eigenvalue weighted by molar-refractivity contribution is 6.30. The maximum Gasteiger partial charge on any atom is 0.122 e. The molecule has 0 aromatic heterocycles. The van der Waals surface area contributed by atoms with Crippen molar-refractivity contribution in [3.05, 3.63) is 28.8 Å². The smallest absolute Gasteiger partial charge is 0.122 e. The minimum Gasteiger partial charge on any atom is -0.493 e. The number of halogens is 1. The van der Waals surface area contributed by atoms with Crippen molar-refractivity contribution in [1.82, 2.24) is 0 Å². The second-order valence-corrected chi connectivity index (χ2v) is 3.55. The van der Waals surface area contributed by atoms with E-state index >= 15 is 0 Å². The van der Waals surface area contributed by atoms with Crippen molar-refractivity contribution < 1.29 is 4.74 Å². The first-order valence-corrected chi connectivity index (χ1v) is 6.00. The molecule has 0 amide bonds. The van der Waals surface area contributed by atoms with Crippen LogP contribution in [0.25, 0.3) is 0 Å². The maximum atomic E-state index is 5.82. The highest BCUT2D eigenvalue weighted by Crippen LogP contribution is 2.21. The lowest BCUT2D eigenvalue weighted by molar-refractivity contribution is 0.307. The molecule has 0 saturated heterocycles. The fourth-order valence-electron chi connectivity index (χ4n) is 1.10. The predicted molar refractivity (Wildman–Crippen MR) is 67.9 cm³/mol. The molecule has 0 saturated carbocycles. The van der Waals surface area contributed by atoms with Gasteiger partial charge in [0, 0.05) is 5.02 Å². The van der Waals surface area contributed by atoms with Gasteiger partial charge in [0.15, 0.2) is 0 Å². The van der Waals surface area contributed by atoms with Crippen molar-refractivity contribution in [2.45, 2.75) is 40.5 Å². The molecule has 0 fully saturated rings. The average Bonchev–Trinajstić information content (AvgIpc) is 2.24. The maximum absolute atomic E-state index is 5.82. The highest BCUT2D eigenvalue weighted by atomic mass is 35.5. The van der Waals surface area contributed by atoms with E-state index in [1.54, 1.807) is 0 Å². The molecule has 0 aliphatic carbocycles. The molecule has 86 valence electrons. The van der Waals surface area contributed by atoms with Crippen LogP contribution in [0, 0.1) is 6.92 Å². The Morgan fingerprint density at radius 1 is 1.27 bits per heavy atom. The van der Waals surface area contributed by atoms with E-state index in [1.807, 2.05) is 39.0 Å². The zero-order valence-corrected chi connectivity index (χ0v) is 10.9. The minimum absolute atomic E-state index is 0.764. The monoisotopic (exact) mass is 228 g/mol. The lowest BCUT2D eigenvalue weighted by atomic mass is 10.2. The molecule has 0 spiro atoms. The van der Waals surface area contributed by atoms with Crippen LogP contribution in [0.15, 0.2) is 18.2 Å². The summed E-state index contributed by atoms with van der Waals surface area (Å²) in [6.45, 7) is 8.95. The van der Waals surface area contributed by atoms with Gasteiger partial charge in [-0.15, -0.1) is 0 Å². The minimum atomic E-state index is 0.764. The van der Waals surface area contributed by atoms with Crippen LogP contribution in [0.4, 0.5) is 0 Å². The Kier molecular flexibility index (Phi) is 8.21. The summed E-state index contributed by atoms with van der Waals surface area (Å²) in [6, 6.07) is 5.70. The topological polar surface area (TPSA) is 9.23 Å². The molecule has 0 atom stereocenters. The largest absolute Gasteiger partial charge is 0.493 e. The van der Waals surface area contributed by atoms with Gasteiger partial charge in [0.2, 0.25) is 0 Å². The van der Waals surface area contributed by atoms with Gasteiger partial charge in [0.05, 0.1) is 6.61 Å². The van der Waals surface area contributed by atoms with E-state index in [1.165, 1.54) is 0 Å². The van der Waals surface area contributed by atoms with Crippen molar-refractivity contribution in [3.8, 4) is 5.75 Å². The van der Waals surface area contributed by atoms with Gasteiger partial charge in [-0.05, 0) is 37.1 Å². The second-order valence-electron chi connectivity index (χ2n) is 3.11. The van der Waals surface area contributed by atoms with E-state index in [-0.39, 0.29) is 0 Å². The van der Waals surface area contributed by atoms with Gasteiger partial charge in [0.25, 0.3) is 0 Å². The molecular weight excluding hydrogens is 208 g/mol. The lowest BCUT2D eigenvalue weighted by Gasteiger charge is -2.08. The van der Waals surface area contributed by atoms with Gasteiger partial charge in [-0.1, -0.05) is 38.8 Å². The number of hydrogen-bond acceptors (Lipinski definition) is 1. The molecule has 0 heterocycles. The van der Waals surface area contributed by atoms with E-state index in [4.69, 9.17) is 16.3 Å². The van der Waals surface area contributed by atoms with Crippen molar-refractivity contribution >= 4 is 11.6 Å². The summed E-state index contributed by atoms with van der Waals surface area (Å²) in [5.41, 5.74) is 1.10. The van der Waals surface area contributed by atoms with Gasteiger partial charge in [-0.3, -0.25) is 0 Å². The van der Waals surface area contributed by atoms with E-state index in [9.17, 15) is 0 Å². The lowest BCUT2D eigenvalue weighted by Crippen LogP contribution is -1.97. The Hall–Kier alpha value is -0.690. The molecule has 2 heteroatoms. The number of ether oxygens (including phenoxy) is 1. The first-order chi connectivity index (χ1) is 7.24. The number of hydrogen-bond donors (Lipinski definition) is 0. The highest BCUT2D eigenvalue weighted by Gasteiger charge is 1.98. The van der Waals surface area contributed by atoms with Gasteiger partial charge in [-0.2, -0.15) is 0 Å². The van der Waals surface area contributed by atoms with Crippen LogP contribution in [-0.4, -0.2) is 6.61 Å². The molecule has 0 bridgehead atoms. The van der Waals surface area contributed by atoms with Gasteiger partial charge in [-0.25, -0.2) is 0 Å². The van der Waals surface area contributed by atoms with Crippen molar-refractivity contribution in [3.63, 3.8) is 0 Å². The van der Waals surface area contributed by atoms with Crippen LogP contribution in [0.1, 0.15) is 39.2 Å². The quantitative estimate of drug-likeness (QED) is 0.670. The molecule has 15 heavy (non-hydrogen) atoms. The number of aryl methyl sites for hydroxylation is 1. The third-order valence-corrected chi connectivity index (χ3v) is 2.13. The van der Waals surface area contributed by atoms with Crippen LogP contribution >= 0.6 is 11.6 Å². The second kappa shape index (κ2) is 8.60. The fraction of sp³-hybridized carbons (Fsp3) is 0.538. The summed E-state index contributed by atoms with van der Waals surface area (Å²) < 4.78 is 5.57. The molecule has 0 unspecified atom stereocenters. The van der Waals surface area contributed by atoms with Crippen molar-refractivity contribution in [1.29, 1.82) is 0 Å². The summed E-state index contributed by atoms with van der Waals surface area (Å²) in [5, 5.41) is 0.764. The average molecular weight is 229 g/mol. The third-order valence-electron chi connectivity index (χ3n) is 1.89. The Balaban J connectivity index is 0.000000921. The van der Waals surface area contributed by atoms with E-state index in [0.29, 0.717) is 0 Å². The Labute approximate surface area is 98.4 Å². The molecule has 1 aromatic carbocycles. The molecule has 1 rings (SSSR count). The summed E-state index contributed by atoms with van der Waals surface area (Å²) in [6.07, 6.45) is 2.26. The van der Waals surface area contributed by atoms with E-state index < -0.39 is 0 Å². The Morgan fingerprint density at radius 3 is 2.47 bits per heavy atom. The molecule has 1 aromatic rings. The number of unbranched alkanes of at least 4 members (excludes halogenated alkanes) is 1. The standard InChI is InChI=1S/C11H15ClO.C2H6/c1-3-4-7-13-11-6-5-10(12)8-9(11)2;1-2/h5-6,8H,3-4,7H2,1-2H3;1-2H3. The third kappa shape index (κ3) is 5.68. The predicted octanol–water partition coefficient (Wildman–Crippen LogP) is 4.85. The molecular formula is C13H21ClO.